The van der Waals surface area contributed by atoms with Gasteiger partial charge in [-0.15, -0.1) is 0 Å². The summed E-state index contributed by atoms with van der Waals surface area (Å²) in [6.07, 6.45) is -1.64. The maximum Gasteiger partial charge on any atom is 0.392 e. The van der Waals surface area contributed by atoms with Crippen LogP contribution in [-0.4, -0.2) is 49.0 Å². The van der Waals surface area contributed by atoms with E-state index in [0.29, 0.717) is 40.3 Å². The van der Waals surface area contributed by atoms with E-state index in [2.05, 4.69) is 19.9 Å². The fourth-order valence-corrected chi connectivity index (χ4v) is 5.87. The number of hydrogen-bond acceptors (Lipinski definition) is 7. The van der Waals surface area contributed by atoms with Crippen molar-refractivity contribution in [2.75, 3.05) is 0 Å². The van der Waals surface area contributed by atoms with Crippen molar-refractivity contribution in [2.24, 2.45) is 17.8 Å². The highest BCUT2D eigenvalue weighted by molar-refractivity contribution is 6.26. The predicted molar refractivity (Wildman–Crippen MR) is 155 cm³/mol. The van der Waals surface area contributed by atoms with Gasteiger partial charge in [0.2, 0.25) is 0 Å². The van der Waals surface area contributed by atoms with Crippen LogP contribution in [0.3, 0.4) is 0 Å². The molecule has 0 saturated carbocycles. The number of hydrogen-bond donors (Lipinski definition) is 1. The van der Waals surface area contributed by atoms with Gasteiger partial charge in [0.1, 0.15) is 12.7 Å². The topological polar surface area (TPSA) is 106 Å². The SMILES string of the molecule is O=C1c2ccccc2C(=O)C1Cc1cc(C2=CCC(C(F)(F)F)CC2)ncn1.OCc1cc(C2=CCC(C(F)(F)F)CC2)ncn1. The molecule has 1 N–H and O–H groups in total. The van der Waals surface area contributed by atoms with Crippen LogP contribution < -0.4 is 0 Å². The molecule has 0 saturated heterocycles. The van der Waals surface area contributed by atoms with Crippen LogP contribution in [0.25, 0.3) is 11.1 Å². The minimum atomic E-state index is -4.18. The molecule has 3 aliphatic rings. The maximum absolute atomic E-state index is 12.8. The van der Waals surface area contributed by atoms with Gasteiger partial charge in [-0.1, -0.05) is 36.4 Å². The largest absolute Gasteiger partial charge is 0.392 e. The highest BCUT2D eigenvalue weighted by atomic mass is 19.4. The van der Waals surface area contributed by atoms with Crippen molar-refractivity contribution < 1.29 is 41.0 Å². The van der Waals surface area contributed by atoms with Gasteiger partial charge in [-0.25, -0.2) is 19.9 Å². The van der Waals surface area contributed by atoms with Crippen LogP contribution in [-0.2, 0) is 13.0 Å². The first-order chi connectivity index (χ1) is 21.8. The smallest absolute Gasteiger partial charge is 0.390 e. The van der Waals surface area contributed by atoms with Gasteiger partial charge < -0.3 is 5.11 Å². The molecule has 2 aromatic heterocycles. The van der Waals surface area contributed by atoms with Gasteiger partial charge in [0.15, 0.2) is 11.6 Å². The third-order valence-corrected chi connectivity index (χ3v) is 8.52. The highest BCUT2D eigenvalue weighted by Gasteiger charge is 2.41. The summed E-state index contributed by atoms with van der Waals surface area (Å²) in [5.41, 5.74) is 4.57. The molecule has 1 aromatic carbocycles. The van der Waals surface area contributed by atoms with Crippen LogP contribution in [0.2, 0.25) is 0 Å². The Balaban J connectivity index is 0.000000200. The first-order valence-corrected chi connectivity index (χ1v) is 14.8. The lowest BCUT2D eigenvalue weighted by molar-refractivity contribution is -0.176. The molecule has 3 aliphatic carbocycles. The van der Waals surface area contributed by atoms with Gasteiger partial charge in [0.05, 0.1) is 41.4 Å². The molecule has 3 aromatic rings. The molecule has 0 aliphatic heterocycles. The lowest BCUT2D eigenvalue weighted by atomic mass is 9.87. The zero-order chi connectivity index (χ0) is 33.1. The second kappa shape index (κ2) is 13.6. The molecule has 46 heavy (non-hydrogen) atoms. The Kier molecular flexibility index (Phi) is 9.80. The number of fused-ring (bicyclic) bond motifs is 1. The van der Waals surface area contributed by atoms with Crippen molar-refractivity contribution in [1.29, 1.82) is 0 Å². The van der Waals surface area contributed by atoms with Crippen LogP contribution >= 0.6 is 0 Å². The highest BCUT2D eigenvalue weighted by Crippen LogP contribution is 2.40. The normalized spacial score (nSPS) is 20.4. The van der Waals surface area contributed by atoms with Gasteiger partial charge in [0, 0.05) is 23.2 Å². The van der Waals surface area contributed by atoms with E-state index in [9.17, 15) is 35.9 Å². The Morgan fingerprint density at radius 2 is 1.15 bits per heavy atom. The second-order valence-electron chi connectivity index (χ2n) is 11.5. The average molecular weight is 645 g/mol. The van der Waals surface area contributed by atoms with E-state index in [1.807, 2.05) is 0 Å². The van der Waals surface area contributed by atoms with E-state index in [4.69, 9.17) is 5.11 Å². The molecule has 0 radical (unpaired) electrons. The van der Waals surface area contributed by atoms with E-state index in [-0.39, 0.29) is 56.7 Å². The maximum atomic E-state index is 12.8. The summed E-state index contributed by atoms with van der Waals surface area (Å²) >= 11 is 0. The Bertz CT molecular complexity index is 1630. The summed E-state index contributed by atoms with van der Waals surface area (Å²) in [5, 5.41) is 8.95. The van der Waals surface area contributed by atoms with Crippen LogP contribution in [0.1, 0.15) is 82.0 Å². The molecular weight excluding hydrogens is 614 g/mol. The fourth-order valence-electron chi connectivity index (χ4n) is 5.87. The summed E-state index contributed by atoms with van der Waals surface area (Å²) in [6.45, 7) is -0.200. The molecular formula is C33H30F6N4O3. The van der Waals surface area contributed by atoms with Crippen molar-refractivity contribution in [3.63, 3.8) is 0 Å². The number of ketones is 2. The van der Waals surface area contributed by atoms with Crippen molar-refractivity contribution in [1.82, 2.24) is 19.9 Å². The van der Waals surface area contributed by atoms with Gasteiger partial charge in [0.25, 0.3) is 0 Å². The fraction of sp³-hybridized carbons (Fsp3) is 0.394. The number of aliphatic hydroxyl groups is 1. The molecule has 0 fully saturated rings. The van der Waals surface area contributed by atoms with Crippen molar-refractivity contribution in [3.8, 4) is 0 Å². The average Bonchev–Trinajstić information content (AvgIpc) is 3.29. The van der Waals surface area contributed by atoms with Gasteiger partial charge >= 0.3 is 12.4 Å². The van der Waals surface area contributed by atoms with Gasteiger partial charge in [-0.3, -0.25) is 9.59 Å². The molecule has 7 nitrogen and oxygen atoms in total. The molecule has 0 amide bonds. The second-order valence-corrected chi connectivity index (χ2v) is 11.5. The van der Waals surface area contributed by atoms with Crippen LogP contribution in [0.5, 0.6) is 0 Å². The monoisotopic (exact) mass is 644 g/mol. The van der Waals surface area contributed by atoms with E-state index in [0.717, 1.165) is 11.1 Å². The van der Waals surface area contributed by atoms with Crippen LogP contribution in [0, 0.1) is 17.8 Å². The standard InChI is InChI=1S/C21H17F3N2O2.C12H13F3N2O/c22-21(23,24)13-7-5-12(6-8-13)18-10-14(25-11-26-18)9-17-19(27)15-3-1-2-4-16(15)20(17)28;13-12(14,15)9-3-1-8(2-4-9)11-5-10(6-18)16-7-17-11/h1-5,10-11,13,17H,6-9H2;1,5,7,9,18H,2-4,6H2. The summed E-state index contributed by atoms with van der Waals surface area (Å²) < 4.78 is 76.0. The van der Waals surface area contributed by atoms with E-state index < -0.39 is 30.1 Å². The number of alkyl halides is 6. The predicted octanol–water partition coefficient (Wildman–Crippen LogP) is 7.18. The van der Waals surface area contributed by atoms with E-state index in [1.165, 1.54) is 12.7 Å². The molecule has 242 valence electrons. The molecule has 6 rings (SSSR count). The molecule has 2 unspecified atom stereocenters. The third-order valence-electron chi connectivity index (χ3n) is 8.52. The number of rotatable bonds is 5. The van der Waals surface area contributed by atoms with Crippen LogP contribution in [0.4, 0.5) is 26.3 Å². The quantitative estimate of drug-likeness (QED) is 0.232. The van der Waals surface area contributed by atoms with E-state index >= 15 is 0 Å². The number of aromatic nitrogens is 4. The summed E-state index contributed by atoms with van der Waals surface area (Å²) in [4.78, 5) is 41.3. The summed E-state index contributed by atoms with van der Waals surface area (Å²) in [5.74, 6) is -3.81. The van der Waals surface area contributed by atoms with Crippen LogP contribution in [0.15, 0.2) is 61.2 Å². The zero-order valence-corrected chi connectivity index (χ0v) is 24.5. The van der Waals surface area contributed by atoms with Crippen molar-refractivity contribution >= 4 is 22.7 Å². The first kappa shape index (κ1) is 33.1. The molecule has 2 heterocycles. The Morgan fingerprint density at radius 1 is 0.696 bits per heavy atom. The lowest BCUT2D eigenvalue weighted by Crippen LogP contribution is -2.24. The number of carbonyl (C=O) groups is 2. The Morgan fingerprint density at radius 3 is 1.57 bits per heavy atom. The van der Waals surface area contributed by atoms with Crippen molar-refractivity contribution in [3.05, 3.63) is 95.1 Å². The van der Waals surface area contributed by atoms with E-state index in [1.54, 1.807) is 48.6 Å². The Hall–Kier alpha value is -4.26. The number of carbonyl (C=O) groups excluding carboxylic acids is 2. The lowest BCUT2D eigenvalue weighted by Gasteiger charge is -2.24. The molecule has 2 atom stereocenters. The third kappa shape index (κ3) is 7.57. The minimum Gasteiger partial charge on any atom is -0.390 e. The number of aliphatic hydroxyl groups excluding tert-OH is 1. The van der Waals surface area contributed by atoms with Gasteiger partial charge in [-0.05, 0) is 61.8 Å². The minimum absolute atomic E-state index is 0.00268. The number of benzene rings is 1. The first-order valence-electron chi connectivity index (χ1n) is 14.8. The number of nitrogens with zero attached hydrogens (tertiary/aromatic N) is 4. The van der Waals surface area contributed by atoms with Gasteiger partial charge in [-0.2, -0.15) is 26.3 Å². The number of Topliss-reactive ketones (excluding diaryl/α,β-unsaturated/α-hetero) is 2. The summed E-state index contributed by atoms with van der Waals surface area (Å²) in [6, 6.07) is 10.0. The molecule has 0 bridgehead atoms. The molecule has 0 spiro atoms. The number of allylic oxidation sites excluding steroid dienone is 4. The van der Waals surface area contributed by atoms with Crippen molar-refractivity contribution in [2.45, 2.75) is 63.9 Å². The summed E-state index contributed by atoms with van der Waals surface area (Å²) in [7, 11) is 0. The zero-order valence-electron chi connectivity index (χ0n) is 24.5. The Labute approximate surface area is 260 Å². The molecule has 13 heteroatoms. The number of halogens is 6.